The molecule has 0 aliphatic carbocycles. The van der Waals surface area contributed by atoms with Crippen molar-refractivity contribution in [1.82, 2.24) is 9.97 Å². The van der Waals surface area contributed by atoms with Crippen molar-refractivity contribution in [2.45, 2.75) is 0 Å². The van der Waals surface area contributed by atoms with Crippen LogP contribution in [0, 0.1) is 0 Å². The second-order valence-electron chi connectivity index (χ2n) is 5.07. The van der Waals surface area contributed by atoms with Crippen LogP contribution in [0.2, 0.25) is 0 Å². The van der Waals surface area contributed by atoms with Crippen LogP contribution < -0.4 is 9.47 Å². The summed E-state index contributed by atoms with van der Waals surface area (Å²) in [6.45, 7) is 0. The zero-order valence-electron chi connectivity index (χ0n) is 13.4. The van der Waals surface area contributed by atoms with Crippen LogP contribution in [0.3, 0.4) is 0 Å². The van der Waals surface area contributed by atoms with Gasteiger partial charge in [0.2, 0.25) is 0 Å². The quantitative estimate of drug-likeness (QED) is 0.531. The summed E-state index contributed by atoms with van der Waals surface area (Å²) in [5.74, 6) is 0.952. The lowest BCUT2D eigenvalue weighted by Gasteiger charge is -2.07. The maximum absolute atomic E-state index is 12.5. The number of ether oxygens (including phenoxy) is 2. The fourth-order valence-electron chi connectivity index (χ4n) is 2.35. The molecule has 0 saturated carbocycles. The van der Waals surface area contributed by atoms with Crippen molar-refractivity contribution in [2.75, 3.05) is 14.2 Å². The molecule has 3 aromatic rings. The number of nitrogens with zero attached hydrogens (tertiary/aromatic N) is 2. The van der Waals surface area contributed by atoms with E-state index in [-0.39, 0.29) is 5.78 Å². The number of allylic oxidation sites excluding steroid dienone is 1. The number of rotatable bonds is 5. The Hall–Kier alpha value is -3.21. The second kappa shape index (κ2) is 6.91. The highest BCUT2D eigenvalue weighted by molar-refractivity contribution is 6.09. The third-order valence-electron chi connectivity index (χ3n) is 3.59. The van der Waals surface area contributed by atoms with Gasteiger partial charge < -0.3 is 9.47 Å². The maximum Gasteiger partial charge on any atom is 0.189 e. The molecule has 1 heterocycles. The minimum atomic E-state index is -0.162. The molecule has 2 aromatic carbocycles. The first-order chi connectivity index (χ1) is 11.7. The Labute approximate surface area is 139 Å². The van der Waals surface area contributed by atoms with Crippen LogP contribution in [0.25, 0.3) is 17.1 Å². The lowest BCUT2D eigenvalue weighted by Crippen LogP contribution is -1.99. The molecular formula is C19H16N2O3. The number of fused-ring (bicyclic) bond motifs is 1. The van der Waals surface area contributed by atoms with Crippen molar-refractivity contribution in [1.29, 1.82) is 0 Å². The molecule has 0 N–H and O–H groups in total. The third kappa shape index (κ3) is 3.25. The maximum atomic E-state index is 12.5. The minimum Gasteiger partial charge on any atom is -0.497 e. The molecule has 0 aliphatic rings. The van der Waals surface area contributed by atoms with Crippen molar-refractivity contribution in [3.63, 3.8) is 0 Å². The summed E-state index contributed by atoms with van der Waals surface area (Å²) in [5.41, 5.74) is 2.92. The van der Waals surface area contributed by atoms with E-state index in [4.69, 9.17) is 9.47 Å². The molecule has 0 saturated heterocycles. The van der Waals surface area contributed by atoms with E-state index in [2.05, 4.69) is 9.97 Å². The van der Waals surface area contributed by atoms with Gasteiger partial charge >= 0.3 is 0 Å². The Morgan fingerprint density at radius 1 is 0.958 bits per heavy atom. The van der Waals surface area contributed by atoms with E-state index in [1.165, 1.54) is 13.2 Å². The zero-order valence-corrected chi connectivity index (χ0v) is 13.4. The summed E-state index contributed by atoms with van der Waals surface area (Å²) < 4.78 is 10.4. The highest BCUT2D eigenvalue weighted by Crippen LogP contribution is 2.25. The van der Waals surface area contributed by atoms with Gasteiger partial charge in [0.05, 0.1) is 30.8 Å². The smallest absolute Gasteiger partial charge is 0.189 e. The first-order valence-corrected chi connectivity index (χ1v) is 7.36. The summed E-state index contributed by atoms with van der Waals surface area (Å²) in [6.07, 6.45) is 6.54. The van der Waals surface area contributed by atoms with Gasteiger partial charge in [0.25, 0.3) is 0 Å². The lowest BCUT2D eigenvalue weighted by atomic mass is 10.1. The summed E-state index contributed by atoms with van der Waals surface area (Å²) in [4.78, 5) is 21.0. The van der Waals surface area contributed by atoms with E-state index in [0.717, 1.165) is 16.6 Å². The number of benzene rings is 2. The van der Waals surface area contributed by atoms with Crippen LogP contribution in [-0.4, -0.2) is 30.0 Å². The third-order valence-corrected chi connectivity index (χ3v) is 3.59. The van der Waals surface area contributed by atoms with Gasteiger partial charge in [-0.05, 0) is 42.0 Å². The van der Waals surface area contributed by atoms with Crippen molar-refractivity contribution >= 4 is 22.9 Å². The van der Waals surface area contributed by atoms with Crippen molar-refractivity contribution < 1.29 is 14.3 Å². The Morgan fingerprint density at radius 3 is 2.50 bits per heavy atom. The zero-order chi connectivity index (χ0) is 16.9. The van der Waals surface area contributed by atoms with E-state index >= 15 is 0 Å². The highest BCUT2D eigenvalue weighted by atomic mass is 16.5. The molecule has 0 atom stereocenters. The molecule has 0 unspecified atom stereocenters. The minimum absolute atomic E-state index is 0.162. The number of methoxy groups -OCH3 is 2. The predicted molar refractivity (Wildman–Crippen MR) is 92.4 cm³/mol. The van der Waals surface area contributed by atoms with Gasteiger partial charge in [-0.1, -0.05) is 12.1 Å². The van der Waals surface area contributed by atoms with Crippen LogP contribution in [0.4, 0.5) is 0 Å². The van der Waals surface area contributed by atoms with Crippen LogP contribution in [0.1, 0.15) is 15.9 Å². The monoisotopic (exact) mass is 320 g/mol. The topological polar surface area (TPSA) is 61.3 Å². The van der Waals surface area contributed by atoms with Crippen molar-refractivity contribution in [2.24, 2.45) is 0 Å². The summed E-state index contributed by atoms with van der Waals surface area (Å²) >= 11 is 0. The molecule has 3 rings (SSSR count). The standard InChI is InChI=1S/C19H16N2O3/c1-23-14-5-8-19(24-2)15(12-14)18(22)7-4-13-3-6-16-17(11-13)21-10-9-20-16/h3-12H,1-2H3/b7-4+. The summed E-state index contributed by atoms with van der Waals surface area (Å²) in [6, 6.07) is 10.8. The molecule has 120 valence electrons. The summed E-state index contributed by atoms with van der Waals surface area (Å²) in [5, 5.41) is 0. The SMILES string of the molecule is COc1ccc(OC)c(C(=O)/C=C/c2ccc3nccnc3c2)c1. The number of hydrogen-bond donors (Lipinski definition) is 0. The first-order valence-electron chi connectivity index (χ1n) is 7.36. The number of aromatic nitrogens is 2. The Balaban J connectivity index is 1.89. The molecule has 24 heavy (non-hydrogen) atoms. The van der Waals surface area contributed by atoms with Gasteiger partial charge in [0.1, 0.15) is 11.5 Å². The largest absolute Gasteiger partial charge is 0.497 e. The Morgan fingerprint density at radius 2 is 1.75 bits per heavy atom. The van der Waals surface area contributed by atoms with Crippen LogP contribution in [0.15, 0.2) is 54.9 Å². The lowest BCUT2D eigenvalue weighted by molar-refractivity contribution is 0.104. The molecule has 0 amide bonds. The van der Waals surface area contributed by atoms with Crippen LogP contribution in [0.5, 0.6) is 11.5 Å². The number of ketones is 1. The van der Waals surface area contributed by atoms with E-state index in [1.54, 1.807) is 43.8 Å². The Kier molecular flexibility index (Phi) is 4.52. The number of hydrogen-bond acceptors (Lipinski definition) is 5. The van der Waals surface area contributed by atoms with E-state index in [1.807, 2.05) is 18.2 Å². The van der Waals surface area contributed by atoms with Gasteiger partial charge in [0.15, 0.2) is 5.78 Å². The molecule has 1 aromatic heterocycles. The van der Waals surface area contributed by atoms with E-state index < -0.39 is 0 Å². The van der Waals surface area contributed by atoms with Crippen molar-refractivity contribution in [3.8, 4) is 11.5 Å². The van der Waals surface area contributed by atoms with E-state index in [9.17, 15) is 4.79 Å². The van der Waals surface area contributed by atoms with Gasteiger partial charge in [0, 0.05) is 12.4 Å². The second-order valence-corrected chi connectivity index (χ2v) is 5.07. The average molecular weight is 320 g/mol. The van der Waals surface area contributed by atoms with Gasteiger partial charge in [-0.15, -0.1) is 0 Å². The molecule has 0 spiro atoms. The average Bonchev–Trinajstić information content (AvgIpc) is 2.65. The van der Waals surface area contributed by atoms with Gasteiger partial charge in [-0.3, -0.25) is 14.8 Å². The highest BCUT2D eigenvalue weighted by Gasteiger charge is 2.11. The molecule has 0 aliphatic heterocycles. The van der Waals surface area contributed by atoms with E-state index in [0.29, 0.717) is 17.1 Å². The predicted octanol–water partition coefficient (Wildman–Crippen LogP) is 3.54. The number of carbonyl (C=O) groups excluding carboxylic acids is 1. The van der Waals surface area contributed by atoms with Crippen LogP contribution in [-0.2, 0) is 0 Å². The molecule has 5 nitrogen and oxygen atoms in total. The molecule has 0 bridgehead atoms. The molecule has 0 radical (unpaired) electrons. The van der Waals surface area contributed by atoms with Gasteiger partial charge in [-0.25, -0.2) is 0 Å². The summed E-state index contributed by atoms with van der Waals surface area (Å²) in [7, 11) is 3.09. The Bertz CT molecular complexity index is 919. The van der Waals surface area contributed by atoms with Crippen molar-refractivity contribution in [3.05, 3.63) is 66.0 Å². The molecule has 5 heteroatoms. The number of carbonyl (C=O) groups is 1. The first kappa shape index (κ1) is 15.7. The van der Waals surface area contributed by atoms with Crippen LogP contribution >= 0.6 is 0 Å². The fourth-order valence-corrected chi connectivity index (χ4v) is 2.35. The normalized spacial score (nSPS) is 10.9. The molecular weight excluding hydrogens is 304 g/mol. The van der Waals surface area contributed by atoms with Gasteiger partial charge in [-0.2, -0.15) is 0 Å². The fraction of sp³-hybridized carbons (Fsp3) is 0.105. The molecule has 0 fully saturated rings.